The highest BCUT2D eigenvalue weighted by atomic mass is 32.2. The van der Waals surface area contributed by atoms with E-state index in [4.69, 9.17) is 0 Å². The van der Waals surface area contributed by atoms with Gasteiger partial charge < -0.3 is 9.47 Å². The van der Waals surface area contributed by atoms with Crippen LogP contribution in [0.1, 0.15) is 34.6 Å². The fourth-order valence-corrected chi connectivity index (χ4v) is 3.66. The van der Waals surface area contributed by atoms with Gasteiger partial charge in [-0.1, -0.05) is 11.8 Å². The first-order valence-electron chi connectivity index (χ1n) is 8.57. The van der Waals surface area contributed by atoms with E-state index in [1.165, 1.54) is 11.8 Å². The Balaban J connectivity index is 1.90. The lowest BCUT2D eigenvalue weighted by atomic mass is 10.1. The number of aryl methyl sites for hydroxylation is 3. The highest BCUT2D eigenvalue weighted by Gasteiger charge is 2.16. The Morgan fingerprint density at radius 2 is 2.04 bits per heavy atom. The molecule has 0 atom stereocenters. The van der Waals surface area contributed by atoms with Crippen molar-refractivity contribution in [1.82, 2.24) is 19.4 Å². The average Bonchev–Trinajstić information content (AvgIpc) is 3.02. The third-order valence-electron chi connectivity index (χ3n) is 4.65. The minimum absolute atomic E-state index is 0.0407. The van der Waals surface area contributed by atoms with Crippen LogP contribution in [0.3, 0.4) is 0 Å². The first kappa shape index (κ1) is 20.0. The van der Waals surface area contributed by atoms with Crippen LogP contribution < -0.4 is 0 Å². The van der Waals surface area contributed by atoms with E-state index >= 15 is 0 Å². The number of rotatable bonds is 7. The molecule has 2 rings (SSSR count). The maximum atomic E-state index is 12.4. The summed E-state index contributed by atoms with van der Waals surface area (Å²) in [7, 11) is 1.81. The van der Waals surface area contributed by atoms with Gasteiger partial charge in [-0.05, 0) is 45.2 Å². The second-order valence-electron chi connectivity index (χ2n) is 6.36. The number of amides is 1. The number of aromatic nitrogens is 3. The van der Waals surface area contributed by atoms with Gasteiger partial charge in [-0.3, -0.25) is 4.79 Å². The average molecular weight is 372 g/mol. The number of carbonyl (C=O) groups is 1. The van der Waals surface area contributed by atoms with Crippen LogP contribution in [0.2, 0.25) is 0 Å². The zero-order valence-corrected chi connectivity index (χ0v) is 16.9. The van der Waals surface area contributed by atoms with E-state index in [0.717, 1.165) is 35.6 Å². The monoisotopic (exact) mass is 371 g/mol. The molecule has 6 nitrogen and oxygen atoms in total. The maximum Gasteiger partial charge on any atom is 0.232 e. The van der Waals surface area contributed by atoms with Crippen LogP contribution in [0, 0.1) is 39.0 Å². The first-order valence-corrected chi connectivity index (χ1v) is 9.56. The van der Waals surface area contributed by atoms with Crippen molar-refractivity contribution in [1.29, 1.82) is 5.26 Å². The van der Waals surface area contributed by atoms with Gasteiger partial charge >= 0.3 is 0 Å². The molecule has 2 aromatic heterocycles. The molecule has 0 fully saturated rings. The Labute approximate surface area is 159 Å². The third kappa shape index (κ3) is 4.64. The van der Waals surface area contributed by atoms with Gasteiger partial charge in [0, 0.05) is 38.2 Å². The molecule has 0 saturated heterocycles. The van der Waals surface area contributed by atoms with Crippen LogP contribution >= 0.6 is 11.8 Å². The Hall–Kier alpha value is -2.33. The maximum absolute atomic E-state index is 12.4. The number of thioether (sulfide) groups is 1. The van der Waals surface area contributed by atoms with Gasteiger partial charge in [0.2, 0.25) is 5.91 Å². The van der Waals surface area contributed by atoms with Crippen molar-refractivity contribution in [3.8, 4) is 6.07 Å². The van der Waals surface area contributed by atoms with E-state index in [9.17, 15) is 10.1 Å². The number of hydrogen-bond acceptors (Lipinski definition) is 5. The van der Waals surface area contributed by atoms with Gasteiger partial charge in [0.25, 0.3) is 0 Å². The summed E-state index contributed by atoms with van der Waals surface area (Å²) in [6.07, 6.45) is 4.60. The van der Waals surface area contributed by atoms with E-state index in [1.54, 1.807) is 11.1 Å². The summed E-state index contributed by atoms with van der Waals surface area (Å²) < 4.78 is 2.08. The van der Waals surface area contributed by atoms with E-state index < -0.39 is 0 Å². The lowest BCUT2D eigenvalue weighted by molar-refractivity contribution is -0.127. The van der Waals surface area contributed by atoms with Crippen LogP contribution in [0.15, 0.2) is 17.4 Å². The van der Waals surface area contributed by atoms with Crippen molar-refractivity contribution < 1.29 is 4.79 Å². The summed E-state index contributed by atoms with van der Waals surface area (Å²) in [6.45, 7) is 9.32. The predicted molar refractivity (Wildman–Crippen MR) is 103 cm³/mol. The summed E-state index contributed by atoms with van der Waals surface area (Å²) >= 11 is 1.34. The SMILES string of the molecule is Cc1nc(SCC(=O)N(C)CCCn2ccnc2C)c(C#N)c(C)c1C. The molecule has 0 aliphatic carbocycles. The van der Waals surface area contributed by atoms with Crippen LogP contribution in [0.25, 0.3) is 0 Å². The second kappa shape index (κ2) is 8.86. The summed E-state index contributed by atoms with van der Waals surface area (Å²) in [5.41, 5.74) is 3.45. The molecule has 0 unspecified atom stereocenters. The predicted octanol–water partition coefficient (Wildman–Crippen LogP) is 3.02. The van der Waals surface area contributed by atoms with Crippen LogP contribution in [0.5, 0.6) is 0 Å². The van der Waals surface area contributed by atoms with E-state index in [0.29, 0.717) is 17.1 Å². The zero-order valence-electron chi connectivity index (χ0n) is 16.0. The van der Waals surface area contributed by atoms with Crippen molar-refractivity contribution in [3.05, 3.63) is 40.6 Å². The normalized spacial score (nSPS) is 10.6. The zero-order chi connectivity index (χ0) is 19.3. The fraction of sp³-hybridized carbons (Fsp3) is 0.474. The molecule has 0 aliphatic heterocycles. The quantitative estimate of drug-likeness (QED) is 0.699. The molecular weight excluding hydrogens is 346 g/mol. The van der Waals surface area contributed by atoms with Crippen molar-refractivity contribution in [2.24, 2.45) is 0 Å². The smallest absolute Gasteiger partial charge is 0.232 e. The highest BCUT2D eigenvalue weighted by molar-refractivity contribution is 8.00. The van der Waals surface area contributed by atoms with Crippen LogP contribution in [0.4, 0.5) is 0 Å². The molecule has 0 aliphatic rings. The van der Waals surface area contributed by atoms with Crippen LogP contribution in [-0.2, 0) is 11.3 Å². The number of imidazole rings is 1. The summed E-state index contributed by atoms with van der Waals surface area (Å²) in [5.74, 6) is 1.30. The van der Waals surface area contributed by atoms with Crippen molar-refractivity contribution >= 4 is 17.7 Å². The molecule has 0 radical (unpaired) electrons. The lowest BCUT2D eigenvalue weighted by Crippen LogP contribution is -2.30. The van der Waals surface area contributed by atoms with E-state index in [2.05, 4.69) is 20.6 Å². The molecule has 0 saturated carbocycles. The Morgan fingerprint density at radius 1 is 1.31 bits per heavy atom. The molecule has 0 aromatic carbocycles. The molecule has 2 aromatic rings. The fourth-order valence-electron chi connectivity index (χ4n) is 2.63. The van der Waals surface area contributed by atoms with Crippen molar-refractivity contribution in [2.75, 3.05) is 19.3 Å². The standard InChI is InChI=1S/C19H25N5OS/c1-13-14(2)17(11-20)19(22-15(13)3)26-12-18(25)23(5)8-6-9-24-10-7-21-16(24)4/h7,10H,6,8-9,12H2,1-5H3. The van der Waals surface area contributed by atoms with E-state index in [1.807, 2.05) is 40.9 Å². The number of hydrogen-bond donors (Lipinski definition) is 0. The molecule has 7 heteroatoms. The second-order valence-corrected chi connectivity index (χ2v) is 7.33. The van der Waals surface area contributed by atoms with Gasteiger partial charge in [0.05, 0.1) is 11.3 Å². The summed E-state index contributed by atoms with van der Waals surface area (Å²) in [6, 6.07) is 2.22. The van der Waals surface area contributed by atoms with Gasteiger partial charge in [0.15, 0.2) is 0 Å². The number of carbonyl (C=O) groups excluding carboxylic acids is 1. The molecule has 26 heavy (non-hydrogen) atoms. The minimum Gasteiger partial charge on any atom is -0.345 e. The van der Waals surface area contributed by atoms with Gasteiger partial charge in [-0.25, -0.2) is 9.97 Å². The Morgan fingerprint density at radius 3 is 2.65 bits per heavy atom. The van der Waals surface area contributed by atoms with Crippen molar-refractivity contribution in [2.45, 2.75) is 45.7 Å². The van der Waals surface area contributed by atoms with Crippen molar-refractivity contribution in [3.63, 3.8) is 0 Å². The molecule has 2 heterocycles. The number of nitrogens with zero attached hydrogens (tertiary/aromatic N) is 5. The Bertz CT molecular complexity index is 837. The lowest BCUT2D eigenvalue weighted by Gasteiger charge is -2.18. The molecule has 0 N–H and O–H groups in total. The summed E-state index contributed by atoms with van der Waals surface area (Å²) in [4.78, 5) is 22.8. The van der Waals surface area contributed by atoms with Gasteiger partial charge in [0.1, 0.15) is 16.9 Å². The first-order chi connectivity index (χ1) is 12.3. The van der Waals surface area contributed by atoms with Gasteiger partial charge in [-0.2, -0.15) is 5.26 Å². The molecule has 138 valence electrons. The third-order valence-corrected chi connectivity index (χ3v) is 5.61. The Kier molecular flexibility index (Phi) is 6.81. The molecular formula is C19H25N5OS. The molecule has 1 amide bonds. The summed E-state index contributed by atoms with van der Waals surface area (Å²) in [5, 5.41) is 10.1. The van der Waals surface area contributed by atoms with Gasteiger partial charge in [-0.15, -0.1) is 0 Å². The van der Waals surface area contributed by atoms with Crippen LogP contribution in [-0.4, -0.2) is 44.7 Å². The largest absolute Gasteiger partial charge is 0.345 e. The molecule has 0 spiro atoms. The molecule has 0 bridgehead atoms. The number of pyridine rings is 1. The topological polar surface area (TPSA) is 74.8 Å². The highest BCUT2D eigenvalue weighted by Crippen LogP contribution is 2.26. The number of nitriles is 1. The van der Waals surface area contributed by atoms with E-state index in [-0.39, 0.29) is 11.7 Å². The minimum atomic E-state index is 0.0407.